The number of nitrogens with one attached hydrogen (secondary N) is 2. The standard InChI is InChI=1S/C17H17ClN2O3/c1-23-17(22)15-12-4-2-3-5-13(19-16(12)21)14(20-15)10-6-8-11(18)9-7-10/h2-9,12-15,20H,1H3,(H,19,21)/b4-2-,5-3-/t12?,13?,14-,15+/m0/s1. The third-order valence-electron chi connectivity index (χ3n) is 4.12. The zero-order valence-corrected chi connectivity index (χ0v) is 13.3. The van der Waals surface area contributed by atoms with Crippen molar-refractivity contribution < 1.29 is 14.3 Å². The maximum absolute atomic E-state index is 12.4. The molecule has 0 saturated carbocycles. The van der Waals surface area contributed by atoms with Crippen LogP contribution in [-0.2, 0) is 14.3 Å². The number of benzene rings is 1. The van der Waals surface area contributed by atoms with E-state index in [4.69, 9.17) is 16.3 Å². The topological polar surface area (TPSA) is 67.4 Å². The van der Waals surface area contributed by atoms with E-state index in [1.165, 1.54) is 7.11 Å². The summed E-state index contributed by atoms with van der Waals surface area (Å²) in [6.07, 6.45) is 7.27. The van der Waals surface area contributed by atoms with Gasteiger partial charge in [0.05, 0.1) is 25.1 Å². The van der Waals surface area contributed by atoms with Crippen LogP contribution < -0.4 is 10.6 Å². The number of carbonyl (C=O) groups excluding carboxylic acids is 2. The monoisotopic (exact) mass is 332 g/mol. The molecule has 0 aromatic heterocycles. The van der Waals surface area contributed by atoms with E-state index in [9.17, 15) is 9.59 Å². The molecule has 3 rings (SSSR count). The Hall–Kier alpha value is -2.11. The summed E-state index contributed by atoms with van der Waals surface area (Å²) >= 11 is 5.95. The van der Waals surface area contributed by atoms with E-state index in [2.05, 4.69) is 10.6 Å². The molecular formula is C17H17ClN2O3. The van der Waals surface area contributed by atoms with Crippen LogP contribution in [0.25, 0.3) is 0 Å². The Kier molecular flexibility index (Phi) is 4.50. The van der Waals surface area contributed by atoms with Crippen LogP contribution in [0.5, 0.6) is 0 Å². The van der Waals surface area contributed by atoms with Crippen molar-refractivity contribution >= 4 is 23.5 Å². The lowest BCUT2D eigenvalue weighted by Gasteiger charge is -2.26. The SMILES string of the molecule is COC(=O)[C@@H]1N[C@@H](c2ccc(Cl)cc2)C2/C=C\C=C/C1C(=O)N2. The van der Waals surface area contributed by atoms with Gasteiger partial charge in [0.1, 0.15) is 6.04 Å². The molecule has 6 heteroatoms. The normalized spacial score (nSPS) is 32.2. The van der Waals surface area contributed by atoms with Gasteiger partial charge in [-0.3, -0.25) is 14.9 Å². The number of rotatable bonds is 2. The Morgan fingerprint density at radius 2 is 1.87 bits per heavy atom. The van der Waals surface area contributed by atoms with Crippen LogP contribution in [0, 0.1) is 5.92 Å². The van der Waals surface area contributed by atoms with E-state index in [-0.39, 0.29) is 18.0 Å². The van der Waals surface area contributed by atoms with Crippen LogP contribution >= 0.6 is 11.6 Å². The molecule has 2 N–H and O–H groups in total. The van der Waals surface area contributed by atoms with Crippen LogP contribution in [0.1, 0.15) is 11.6 Å². The Bertz CT molecular complexity index is 669. The maximum Gasteiger partial charge on any atom is 0.324 e. The van der Waals surface area contributed by atoms with E-state index in [1.54, 1.807) is 24.3 Å². The number of ether oxygens (including phenoxy) is 1. The predicted octanol–water partition coefficient (Wildman–Crippen LogP) is 1.75. The minimum atomic E-state index is -0.748. The zero-order chi connectivity index (χ0) is 16.4. The molecule has 2 aliphatic rings. The summed E-state index contributed by atoms with van der Waals surface area (Å²) < 4.78 is 4.87. The smallest absolute Gasteiger partial charge is 0.324 e. The molecular weight excluding hydrogens is 316 g/mol. The predicted molar refractivity (Wildman–Crippen MR) is 86.8 cm³/mol. The molecule has 23 heavy (non-hydrogen) atoms. The van der Waals surface area contributed by atoms with Crippen molar-refractivity contribution in [2.45, 2.75) is 18.1 Å². The van der Waals surface area contributed by atoms with Crippen LogP contribution in [0.2, 0.25) is 5.02 Å². The van der Waals surface area contributed by atoms with Crippen LogP contribution in [0.15, 0.2) is 48.6 Å². The summed E-state index contributed by atoms with van der Waals surface area (Å²) in [7, 11) is 1.32. The molecule has 120 valence electrons. The van der Waals surface area contributed by atoms with Gasteiger partial charge in [-0.25, -0.2) is 0 Å². The van der Waals surface area contributed by atoms with Gasteiger partial charge in [0, 0.05) is 5.02 Å². The molecule has 0 spiro atoms. The van der Waals surface area contributed by atoms with E-state index in [0.29, 0.717) is 5.02 Å². The summed E-state index contributed by atoms with van der Waals surface area (Å²) in [5, 5.41) is 6.88. The Labute approximate surface area is 139 Å². The van der Waals surface area contributed by atoms with Gasteiger partial charge in [-0.1, -0.05) is 48.0 Å². The van der Waals surface area contributed by atoms with Gasteiger partial charge in [0.25, 0.3) is 0 Å². The van der Waals surface area contributed by atoms with Crippen molar-refractivity contribution in [3.63, 3.8) is 0 Å². The highest BCUT2D eigenvalue weighted by Crippen LogP contribution is 2.27. The van der Waals surface area contributed by atoms with Gasteiger partial charge in [-0.2, -0.15) is 0 Å². The van der Waals surface area contributed by atoms with Crippen molar-refractivity contribution in [3.05, 3.63) is 59.2 Å². The van der Waals surface area contributed by atoms with Gasteiger partial charge >= 0.3 is 5.97 Å². The van der Waals surface area contributed by atoms with Crippen LogP contribution in [-0.4, -0.2) is 31.1 Å². The first-order chi connectivity index (χ1) is 11.1. The van der Waals surface area contributed by atoms with E-state index in [1.807, 2.05) is 24.3 Å². The largest absolute Gasteiger partial charge is 0.468 e. The second-order valence-electron chi connectivity index (χ2n) is 5.53. The molecule has 4 atom stereocenters. The minimum Gasteiger partial charge on any atom is -0.468 e. The number of halogens is 1. The fourth-order valence-electron chi connectivity index (χ4n) is 2.94. The number of amides is 1. The van der Waals surface area contributed by atoms with Gasteiger partial charge < -0.3 is 10.1 Å². The van der Waals surface area contributed by atoms with Crippen molar-refractivity contribution in [2.24, 2.45) is 5.92 Å². The summed E-state index contributed by atoms with van der Waals surface area (Å²) in [5.74, 6) is -1.28. The minimum absolute atomic E-state index is 0.199. The molecule has 1 aromatic rings. The summed E-state index contributed by atoms with van der Waals surface area (Å²) in [6, 6.07) is 6.05. The van der Waals surface area contributed by atoms with Crippen molar-refractivity contribution in [1.29, 1.82) is 0 Å². The molecule has 1 amide bonds. The first-order valence-corrected chi connectivity index (χ1v) is 7.72. The molecule has 0 aliphatic carbocycles. The average molecular weight is 333 g/mol. The van der Waals surface area contributed by atoms with Crippen molar-refractivity contribution in [2.75, 3.05) is 7.11 Å². The highest BCUT2D eigenvalue weighted by Gasteiger charge is 2.41. The summed E-state index contributed by atoms with van der Waals surface area (Å²) in [5.41, 5.74) is 0.931. The van der Waals surface area contributed by atoms with E-state index >= 15 is 0 Å². The molecule has 0 radical (unpaired) electrons. The number of fused-ring (bicyclic) bond motifs is 3. The first-order valence-electron chi connectivity index (χ1n) is 7.35. The van der Waals surface area contributed by atoms with Crippen molar-refractivity contribution in [3.8, 4) is 0 Å². The maximum atomic E-state index is 12.4. The molecule has 2 heterocycles. The fraction of sp³-hybridized carbons (Fsp3) is 0.294. The third kappa shape index (κ3) is 3.16. The molecule has 1 aromatic carbocycles. The summed E-state index contributed by atoms with van der Waals surface area (Å²) in [4.78, 5) is 24.6. The Morgan fingerprint density at radius 1 is 1.17 bits per heavy atom. The number of carbonyl (C=O) groups is 2. The molecule has 2 bridgehead atoms. The van der Waals surface area contributed by atoms with Gasteiger partial charge in [0.2, 0.25) is 5.91 Å². The first kappa shape index (κ1) is 15.8. The second-order valence-corrected chi connectivity index (χ2v) is 5.96. The average Bonchev–Trinajstić information content (AvgIpc) is 2.61. The second kappa shape index (κ2) is 6.56. The highest BCUT2D eigenvalue weighted by atomic mass is 35.5. The van der Waals surface area contributed by atoms with E-state index in [0.717, 1.165) is 5.56 Å². The summed E-state index contributed by atoms with van der Waals surface area (Å²) in [6.45, 7) is 0. The lowest BCUT2D eigenvalue weighted by atomic mass is 9.97. The molecule has 1 fully saturated rings. The van der Waals surface area contributed by atoms with Crippen LogP contribution in [0.4, 0.5) is 0 Å². The van der Waals surface area contributed by atoms with Crippen molar-refractivity contribution in [1.82, 2.24) is 10.6 Å². The van der Waals surface area contributed by atoms with Gasteiger partial charge in [-0.15, -0.1) is 0 Å². The Balaban J connectivity index is 2.03. The third-order valence-corrected chi connectivity index (χ3v) is 4.37. The van der Waals surface area contributed by atoms with E-state index < -0.39 is 17.9 Å². The number of allylic oxidation sites excluding steroid dienone is 2. The molecule has 1 saturated heterocycles. The number of hydrogen-bond donors (Lipinski definition) is 2. The quantitative estimate of drug-likeness (QED) is 0.810. The Morgan fingerprint density at radius 3 is 2.57 bits per heavy atom. The molecule has 2 unspecified atom stereocenters. The number of hydrogen-bond acceptors (Lipinski definition) is 4. The lowest BCUT2D eigenvalue weighted by Crippen LogP contribution is -2.46. The molecule has 2 aliphatic heterocycles. The highest BCUT2D eigenvalue weighted by molar-refractivity contribution is 6.30. The van der Waals surface area contributed by atoms with Gasteiger partial charge in [-0.05, 0) is 17.7 Å². The lowest BCUT2D eigenvalue weighted by molar-refractivity contribution is -0.146. The zero-order valence-electron chi connectivity index (χ0n) is 12.5. The number of methoxy groups -OCH3 is 1. The molecule has 5 nitrogen and oxygen atoms in total. The number of esters is 1. The fourth-order valence-corrected chi connectivity index (χ4v) is 3.06. The van der Waals surface area contributed by atoms with Crippen LogP contribution in [0.3, 0.4) is 0 Å². The van der Waals surface area contributed by atoms with Gasteiger partial charge in [0.15, 0.2) is 0 Å².